The number of pyridine rings is 1. The molecule has 0 amide bonds. The molecule has 0 bridgehead atoms. The lowest BCUT2D eigenvalue weighted by molar-refractivity contribution is 1.06. The van der Waals surface area contributed by atoms with E-state index < -0.39 is 0 Å². The Balaban J connectivity index is 2.76. The Hall–Kier alpha value is -1.71. The van der Waals surface area contributed by atoms with Crippen molar-refractivity contribution in [3.05, 3.63) is 24.8 Å². The monoisotopic (exact) mass is 174 g/mol. The van der Waals surface area contributed by atoms with E-state index in [-0.39, 0.29) is 0 Å². The van der Waals surface area contributed by atoms with E-state index in [0.717, 1.165) is 16.7 Å². The van der Waals surface area contributed by atoms with Gasteiger partial charge in [-0.3, -0.25) is 4.98 Å². The first kappa shape index (κ1) is 7.91. The number of hydrogen-bond acceptors (Lipinski definition) is 4. The SMILES string of the molecule is CN(C)c1ncnc2ccncc12. The molecule has 13 heavy (non-hydrogen) atoms. The molecule has 0 radical (unpaired) electrons. The fourth-order valence-electron chi connectivity index (χ4n) is 1.24. The molecule has 0 unspecified atom stereocenters. The Morgan fingerprint density at radius 1 is 1.23 bits per heavy atom. The van der Waals surface area contributed by atoms with Gasteiger partial charge in [0, 0.05) is 26.5 Å². The quantitative estimate of drug-likeness (QED) is 0.649. The van der Waals surface area contributed by atoms with Gasteiger partial charge in [0.05, 0.1) is 10.9 Å². The van der Waals surface area contributed by atoms with Crippen molar-refractivity contribution < 1.29 is 0 Å². The molecule has 4 heteroatoms. The van der Waals surface area contributed by atoms with E-state index in [1.165, 1.54) is 0 Å². The fourth-order valence-corrected chi connectivity index (χ4v) is 1.24. The highest BCUT2D eigenvalue weighted by atomic mass is 15.1. The predicted octanol–water partition coefficient (Wildman–Crippen LogP) is 1.09. The maximum Gasteiger partial charge on any atom is 0.140 e. The van der Waals surface area contributed by atoms with E-state index in [1.807, 2.05) is 25.1 Å². The van der Waals surface area contributed by atoms with Crippen LogP contribution in [0.3, 0.4) is 0 Å². The van der Waals surface area contributed by atoms with Crippen LogP contribution in [0.15, 0.2) is 24.8 Å². The summed E-state index contributed by atoms with van der Waals surface area (Å²) in [7, 11) is 3.91. The zero-order valence-electron chi connectivity index (χ0n) is 7.60. The van der Waals surface area contributed by atoms with Gasteiger partial charge in [0.25, 0.3) is 0 Å². The Morgan fingerprint density at radius 2 is 2.08 bits per heavy atom. The van der Waals surface area contributed by atoms with Gasteiger partial charge in [-0.05, 0) is 6.07 Å². The molecule has 0 fully saturated rings. The summed E-state index contributed by atoms with van der Waals surface area (Å²) in [5, 5.41) is 0.981. The lowest BCUT2D eigenvalue weighted by atomic mass is 10.3. The second-order valence-corrected chi connectivity index (χ2v) is 2.98. The van der Waals surface area contributed by atoms with Crippen molar-refractivity contribution in [2.24, 2.45) is 0 Å². The van der Waals surface area contributed by atoms with E-state index >= 15 is 0 Å². The molecule has 4 nitrogen and oxygen atoms in total. The first-order chi connectivity index (χ1) is 6.29. The number of fused-ring (bicyclic) bond motifs is 1. The van der Waals surface area contributed by atoms with Crippen LogP contribution >= 0.6 is 0 Å². The van der Waals surface area contributed by atoms with Gasteiger partial charge in [0.15, 0.2) is 0 Å². The van der Waals surface area contributed by atoms with Crippen LogP contribution in [0.5, 0.6) is 0 Å². The van der Waals surface area contributed by atoms with Crippen LogP contribution in [0.1, 0.15) is 0 Å². The summed E-state index contributed by atoms with van der Waals surface area (Å²) >= 11 is 0. The van der Waals surface area contributed by atoms with Crippen LogP contribution in [0, 0.1) is 0 Å². The zero-order valence-corrected chi connectivity index (χ0v) is 7.60. The Labute approximate surface area is 76.3 Å². The molecule has 0 spiro atoms. The van der Waals surface area contributed by atoms with E-state index in [0.29, 0.717) is 0 Å². The van der Waals surface area contributed by atoms with E-state index in [2.05, 4.69) is 15.0 Å². The first-order valence-corrected chi connectivity index (χ1v) is 4.01. The Morgan fingerprint density at radius 3 is 2.85 bits per heavy atom. The molecule has 2 aromatic rings. The number of rotatable bonds is 1. The minimum atomic E-state index is 0.901. The largest absolute Gasteiger partial charge is 0.362 e. The molecule has 0 saturated carbocycles. The number of nitrogens with zero attached hydrogens (tertiary/aromatic N) is 4. The summed E-state index contributed by atoms with van der Waals surface area (Å²) in [6.07, 6.45) is 5.08. The van der Waals surface area contributed by atoms with Crippen molar-refractivity contribution in [2.45, 2.75) is 0 Å². The third-order valence-electron chi connectivity index (χ3n) is 1.84. The molecule has 0 aliphatic heterocycles. The van der Waals surface area contributed by atoms with E-state index in [1.54, 1.807) is 18.7 Å². The van der Waals surface area contributed by atoms with Crippen molar-refractivity contribution in [1.29, 1.82) is 0 Å². The molecule has 2 heterocycles. The average molecular weight is 174 g/mol. The molecule has 0 N–H and O–H groups in total. The summed E-state index contributed by atoms with van der Waals surface area (Å²) < 4.78 is 0. The molecule has 0 atom stereocenters. The Kier molecular flexibility index (Phi) is 1.81. The maximum absolute atomic E-state index is 4.18. The molecule has 0 aromatic carbocycles. The number of hydrogen-bond donors (Lipinski definition) is 0. The first-order valence-electron chi connectivity index (χ1n) is 4.01. The normalized spacial score (nSPS) is 10.3. The standard InChI is InChI=1S/C9H10N4/c1-13(2)9-7-5-10-4-3-8(7)11-6-12-9/h3-6H,1-2H3. The second kappa shape index (κ2) is 2.97. The highest BCUT2D eigenvalue weighted by Gasteiger charge is 2.03. The lowest BCUT2D eigenvalue weighted by Crippen LogP contribution is -2.11. The van der Waals surface area contributed by atoms with Crippen molar-refractivity contribution in [1.82, 2.24) is 15.0 Å². The number of anilines is 1. The third-order valence-corrected chi connectivity index (χ3v) is 1.84. The van der Waals surface area contributed by atoms with Crippen LogP contribution in [0.25, 0.3) is 10.9 Å². The molecule has 2 rings (SSSR count). The molecule has 0 aliphatic rings. The zero-order chi connectivity index (χ0) is 9.26. The van der Waals surface area contributed by atoms with Gasteiger partial charge in [0.1, 0.15) is 12.1 Å². The van der Waals surface area contributed by atoms with Crippen molar-refractivity contribution in [3.63, 3.8) is 0 Å². The minimum absolute atomic E-state index is 0.901. The fraction of sp³-hybridized carbons (Fsp3) is 0.222. The van der Waals surface area contributed by atoms with Gasteiger partial charge >= 0.3 is 0 Å². The van der Waals surface area contributed by atoms with Crippen LogP contribution in [-0.2, 0) is 0 Å². The van der Waals surface area contributed by atoms with Crippen molar-refractivity contribution >= 4 is 16.7 Å². The predicted molar refractivity (Wildman–Crippen MR) is 51.7 cm³/mol. The highest BCUT2D eigenvalue weighted by molar-refractivity contribution is 5.87. The van der Waals surface area contributed by atoms with Gasteiger partial charge in [-0.25, -0.2) is 9.97 Å². The van der Waals surface area contributed by atoms with Crippen LogP contribution in [-0.4, -0.2) is 29.0 Å². The smallest absolute Gasteiger partial charge is 0.140 e. The molecular weight excluding hydrogens is 164 g/mol. The van der Waals surface area contributed by atoms with E-state index in [4.69, 9.17) is 0 Å². The van der Waals surface area contributed by atoms with E-state index in [9.17, 15) is 0 Å². The van der Waals surface area contributed by atoms with Crippen molar-refractivity contribution in [2.75, 3.05) is 19.0 Å². The summed E-state index contributed by atoms with van der Waals surface area (Å²) in [6.45, 7) is 0. The van der Waals surface area contributed by atoms with Gasteiger partial charge in [-0.15, -0.1) is 0 Å². The molecule has 0 saturated heterocycles. The molecule has 2 aromatic heterocycles. The molecule has 66 valence electrons. The molecule has 0 aliphatic carbocycles. The topological polar surface area (TPSA) is 41.9 Å². The van der Waals surface area contributed by atoms with Gasteiger partial charge < -0.3 is 4.90 Å². The third kappa shape index (κ3) is 1.30. The maximum atomic E-state index is 4.18. The summed E-state index contributed by atoms with van der Waals surface area (Å²) in [4.78, 5) is 14.3. The lowest BCUT2D eigenvalue weighted by Gasteiger charge is -2.12. The summed E-state index contributed by atoms with van der Waals surface area (Å²) in [5.74, 6) is 0.901. The van der Waals surface area contributed by atoms with Gasteiger partial charge in [-0.2, -0.15) is 0 Å². The summed E-state index contributed by atoms with van der Waals surface area (Å²) in [5.41, 5.74) is 0.925. The average Bonchev–Trinajstić information content (AvgIpc) is 2.17. The Bertz CT molecular complexity index is 419. The second-order valence-electron chi connectivity index (χ2n) is 2.98. The van der Waals surface area contributed by atoms with Gasteiger partial charge in [0.2, 0.25) is 0 Å². The van der Waals surface area contributed by atoms with Crippen LogP contribution in [0.2, 0.25) is 0 Å². The van der Waals surface area contributed by atoms with Gasteiger partial charge in [-0.1, -0.05) is 0 Å². The molecular formula is C9H10N4. The highest BCUT2D eigenvalue weighted by Crippen LogP contribution is 2.18. The number of aromatic nitrogens is 3. The van der Waals surface area contributed by atoms with Crippen LogP contribution < -0.4 is 4.90 Å². The van der Waals surface area contributed by atoms with Crippen LogP contribution in [0.4, 0.5) is 5.82 Å². The minimum Gasteiger partial charge on any atom is -0.362 e. The van der Waals surface area contributed by atoms with Crippen molar-refractivity contribution in [3.8, 4) is 0 Å². The summed E-state index contributed by atoms with van der Waals surface area (Å²) in [6, 6.07) is 1.88.